The molecule has 0 aliphatic carbocycles. The lowest BCUT2D eigenvalue weighted by Crippen LogP contribution is -2.38. The van der Waals surface area contributed by atoms with Crippen molar-refractivity contribution in [3.8, 4) is 0 Å². The molecular formula is C22H25N5O. The van der Waals surface area contributed by atoms with Gasteiger partial charge in [0.15, 0.2) is 0 Å². The Labute approximate surface area is 165 Å². The summed E-state index contributed by atoms with van der Waals surface area (Å²) in [7, 11) is 0. The van der Waals surface area contributed by atoms with Gasteiger partial charge in [-0.25, -0.2) is 0 Å². The van der Waals surface area contributed by atoms with Crippen LogP contribution in [0.2, 0.25) is 0 Å². The predicted octanol–water partition coefficient (Wildman–Crippen LogP) is 4.09. The molecule has 0 bridgehead atoms. The number of aromatic amines is 1. The Bertz CT molecular complexity index is 923. The number of carbonyl (C=O) groups is 1. The van der Waals surface area contributed by atoms with Gasteiger partial charge in [0.1, 0.15) is 0 Å². The van der Waals surface area contributed by atoms with Crippen LogP contribution in [-0.2, 0) is 6.54 Å². The summed E-state index contributed by atoms with van der Waals surface area (Å²) in [5, 5.41) is 10.5. The maximum atomic E-state index is 13.3. The number of anilines is 1. The third-order valence-corrected chi connectivity index (χ3v) is 5.34. The number of nitrogens with one attached hydrogen (secondary N) is 2. The first kappa shape index (κ1) is 18.2. The highest BCUT2D eigenvalue weighted by Crippen LogP contribution is 2.31. The molecule has 6 heteroatoms. The highest BCUT2D eigenvalue weighted by Gasteiger charge is 2.29. The summed E-state index contributed by atoms with van der Waals surface area (Å²) in [6.45, 7) is 3.50. The fourth-order valence-electron chi connectivity index (χ4n) is 3.76. The number of rotatable bonds is 5. The molecule has 144 valence electrons. The van der Waals surface area contributed by atoms with Gasteiger partial charge in [-0.15, -0.1) is 0 Å². The van der Waals surface area contributed by atoms with Crippen molar-refractivity contribution in [1.82, 2.24) is 20.1 Å². The lowest BCUT2D eigenvalue weighted by molar-refractivity contribution is 0.0606. The number of aryl methyl sites for hydroxylation is 1. The van der Waals surface area contributed by atoms with Crippen LogP contribution in [-0.4, -0.2) is 32.5 Å². The predicted molar refractivity (Wildman–Crippen MR) is 109 cm³/mol. The van der Waals surface area contributed by atoms with Gasteiger partial charge in [0.2, 0.25) is 0 Å². The van der Waals surface area contributed by atoms with Gasteiger partial charge < -0.3 is 10.2 Å². The van der Waals surface area contributed by atoms with E-state index in [2.05, 4.69) is 20.5 Å². The van der Waals surface area contributed by atoms with E-state index in [1.54, 1.807) is 12.4 Å². The summed E-state index contributed by atoms with van der Waals surface area (Å²) < 4.78 is 0. The number of nitrogens with zero attached hydrogens (tertiary/aromatic N) is 3. The molecule has 2 aromatic heterocycles. The van der Waals surface area contributed by atoms with E-state index in [1.165, 1.54) is 0 Å². The molecule has 6 nitrogen and oxygen atoms in total. The third kappa shape index (κ3) is 3.91. The molecule has 1 fully saturated rings. The molecule has 1 amide bonds. The molecule has 2 N–H and O–H groups in total. The molecule has 0 radical (unpaired) electrons. The van der Waals surface area contributed by atoms with Crippen molar-refractivity contribution in [2.75, 3.05) is 11.9 Å². The molecule has 1 saturated heterocycles. The summed E-state index contributed by atoms with van der Waals surface area (Å²) in [5.74, 6) is 0.0729. The van der Waals surface area contributed by atoms with Crippen LogP contribution in [0, 0.1) is 6.92 Å². The first-order valence-corrected chi connectivity index (χ1v) is 9.76. The molecule has 1 atom stereocenters. The van der Waals surface area contributed by atoms with Crippen molar-refractivity contribution in [2.45, 2.75) is 38.8 Å². The lowest BCUT2D eigenvalue weighted by atomic mass is 9.98. The summed E-state index contributed by atoms with van der Waals surface area (Å²) in [4.78, 5) is 19.4. The fourth-order valence-corrected chi connectivity index (χ4v) is 3.76. The van der Waals surface area contributed by atoms with Gasteiger partial charge in [0.25, 0.3) is 5.91 Å². The van der Waals surface area contributed by atoms with Crippen molar-refractivity contribution >= 4 is 11.6 Å². The van der Waals surface area contributed by atoms with E-state index in [9.17, 15) is 4.79 Å². The fraction of sp³-hybridized carbons (Fsp3) is 0.318. The molecule has 3 aromatic rings. The van der Waals surface area contributed by atoms with Gasteiger partial charge in [0, 0.05) is 42.9 Å². The largest absolute Gasteiger partial charge is 0.381 e. The van der Waals surface area contributed by atoms with Gasteiger partial charge in [-0.1, -0.05) is 12.1 Å². The Hall–Kier alpha value is -3.15. The second kappa shape index (κ2) is 8.25. The van der Waals surface area contributed by atoms with Crippen LogP contribution < -0.4 is 5.32 Å². The molecule has 1 aliphatic heterocycles. The van der Waals surface area contributed by atoms with Gasteiger partial charge >= 0.3 is 0 Å². The van der Waals surface area contributed by atoms with E-state index < -0.39 is 0 Å². The maximum absolute atomic E-state index is 13.3. The van der Waals surface area contributed by atoms with Crippen LogP contribution in [0.5, 0.6) is 0 Å². The topological polar surface area (TPSA) is 73.9 Å². The minimum absolute atomic E-state index is 0.0665. The van der Waals surface area contributed by atoms with Gasteiger partial charge in [0.05, 0.1) is 11.7 Å². The average molecular weight is 375 g/mol. The summed E-state index contributed by atoms with van der Waals surface area (Å²) in [6, 6.07) is 11.9. The van der Waals surface area contributed by atoms with Crippen LogP contribution in [0.4, 0.5) is 5.69 Å². The average Bonchev–Trinajstić information content (AvgIpc) is 3.28. The van der Waals surface area contributed by atoms with E-state index in [0.29, 0.717) is 12.1 Å². The number of aromatic nitrogens is 3. The second-order valence-electron chi connectivity index (χ2n) is 7.27. The summed E-state index contributed by atoms with van der Waals surface area (Å²) in [6.07, 6.45) is 8.49. The Morgan fingerprint density at radius 2 is 2.18 bits per heavy atom. The van der Waals surface area contributed by atoms with Crippen molar-refractivity contribution in [3.63, 3.8) is 0 Å². The van der Waals surface area contributed by atoms with Crippen molar-refractivity contribution in [2.24, 2.45) is 0 Å². The SMILES string of the molecule is Cc1ccc(C(=O)N2CCCC[C@H]2c2ccn[nH]2)cc1NCc1cccnc1. The molecule has 28 heavy (non-hydrogen) atoms. The van der Waals surface area contributed by atoms with Gasteiger partial charge in [-0.3, -0.25) is 14.9 Å². The summed E-state index contributed by atoms with van der Waals surface area (Å²) in [5.41, 5.74) is 4.92. The minimum atomic E-state index is 0.0665. The number of amides is 1. The van der Waals surface area contributed by atoms with Gasteiger partial charge in [-0.05, 0) is 61.6 Å². The Balaban J connectivity index is 1.53. The number of hydrogen-bond acceptors (Lipinski definition) is 4. The number of pyridine rings is 1. The van der Waals surface area contributed by atoms with Gasteiger partial charge in [-0.2, -0.15) is 5.10 Å². The Kier molecular flexibility index (Phi) is 5.37. The van der Waals surface area contributed by atoms with Crippen LogP contribution in [0.1, 0.15) is 52.5 Å². The molecule has 1 aromatic carbocycles. The van der Waals surface area contributed by atoms with E-state index in [1.807, 2.05) is 54.4 Å². The molecular weight excluding hydrogens is 350 g/mol. The van der Waals surface area contributed by atoms with E-state index >= 15 is 0 Å². The maximum Gasteiger partial charge on any atom is 0.254 e. The number of likely N-dealkylation sites (tertiary alicyclic amines) is 1. The number of piperidine rings is 1. The zero-order valence-corrected chi connectivity index (χ0v) is 16.1. The van der Waals surface area contributed by atoms with Crippen LogP contribution in [0.3, 0.4) is 0 Å². The minimum Gasteiger partial charge on any atom is -0.381 e. The first-order chi connectivity index (χ1) is 13.7. The second-order valence-corrected chi connectivity index (χ2v) is 7.27. The van der Waals surface area contributed by atoms with Crippen LogP contribution in [0.25, 0.3) is 0 Å². The zero-order valence-electron chi connectivity index (χ0n) is 16.1. The summed E-state index contributed by atoms with van der Waals surface area (Å²) >= 11 is 0. The van der Waals surface area contributed by atoms with E-state index in [0.717, 1.165) is 48.3 Å². The molecule has 4 rings (SSSR count). The molecule has 0 spiro atoms. The quantitative estimate of drug-likeness (QED) is 0.704. The van der Waals surface area contributed by atoms with Crippen molar-refractivity contribution in [1.29, 1.82) is 0 Å². The Morgan fingerprint density at radius 1 is 1.25 bits per heavy atom. The van der Waals surface area contributed by atoms with E-state index in [-0.39, 0.29) is 11.9 Å². The zero-order chi connectivity index (χ0) is 19.3. The molecule has 0 unspecified atom stereocenters. The monoisotopic (exact) mass is 375 g/mol. The van der Waals surface area contributed by atoms with Crippen molar-refractivity contribution in [3.05, 3.63) is 77.4 Å². The van der Waals surface area contributed by atoms with Crippen LogP contribution in [0.15, 0.2) is 55.0 Å². The standard InChI is InChI=1S/C22H25N5O/c1-16-7-8-18(13-20(16)24-15-17-5-4-10-23-14-17)22(28)27-12-3-2-6-21(27)19-9-11-25-26-19/h4-5,7-11,13-14,21,24H,2-3,6,12,15H2,1H3,(H,25,26)/t21-/m0/s1. The van der Waals surface area contributed by atoms with Crippen LogP contribution >= 0.6 is 0 Å². The normalized spacial score (nSPS) is 16.8. The Morgan fingerprint density at radius 3 is 2.96 bits per heavy atom. The third-order valence-electron chi connectivity index (χ3n) is 5.34. The smallest absolute Gasteiger partial charge is 0.254 e. The molecule has 1 aliphatic rings. The highest BCUT2D eigenvalue weighted by molar-refractivity contribution is 5.95. The lowest BCUT2D eigenvalue weighted by Gasteiger charge is -2.35. The number of benzene rings is 1. The highest BCUT2D eigenvalue weighted by atomic mass is 16.2. The molecule has 0 saturated carbocycles. The van der Waals surface area contributed by atoms with Crippen molar-refractivity contribution < 1.29 is 4.79 Å². The molecule has 3 heterocycles. The first-order valence-electron chi connectivity index (χ1n) is 9.76. The number of carbonyl (C=O) groups excluding carboxylic acids is 1. The number of hydrogen-bond donors (Lipinski definition) is 2. The van der Waals surface area contributed by atoms with E-state index in [4.69, 9.17) is 0 Å². The number of H-pyrrole nitrogens is 1.